The quantitative estimate of drug-likeness (QED) is 0.879. The van der Waals surface area contributed by atoms with E-state index in [0.717, 1.165) is 12.1 Å². The van der Waals surface area contributed by atoms with Gasteiger partial charge in [-0.25, -0.2) is 18.6 Å². The summed E-state index contributed by atoms with van der Waals surface area (Å²) in [5, 5.41) is 11.5. The van der Waals surface area contributed by atoms with Gasteiger partial charge in [-0.1, -0.05) is 0 Å². The third-order valence-electron chi connectivity index (χ3n) is 2.20. The average Bonchev–Trinajstić information content (AvgIpc) is 2.34. The molecule has 2 rings (SSSR count). The molecule has 0 aliphatic heterocycles. The molecule has 1 aromatic carbocycles. The Kier molecular flexibility index (Phi) is 3.18. The first-order valence-electron chi connectivity index (χ1n) is 4.97. The van der Waals surface area contributed by atoms with Crippen LogP contribution in [0.2, 0.25) is 0 Å². The molecule has 0 atom stereocenters. The molecule has 1 aromatic heterocycles. The minimum Gasteiger partial charge on any atom is -0.478 e. The zero-order valence-corrected chi connectivity index (χ0v) is 9.02. The molecule has 0 amide bonds. The Hall–Kier alpha value is -2.50. The third kappa shape index (κ3) is 2.60. The highest BCUT2D eigenvalue weighted by Gasteiger charge is 2.06. The minimum atomic E-state index is -1.09. The average molecular weight is 250 g/mol. The summed E-state index contributed by atoms with van der Waals surface area (Å²) in [7, 11) is 0. The van der Waals surface area contributed by atoms with Crippen molar-refractivity contribution in [3.63, 3.8) is 0 Å². The van der Waals surface area contributed by atoms with E-state index < -0.39 is 17.6 Å². The highest BCUT2D eigenvalue weighted by Crippen LogP contribution is 2.18. The lowest BCUT2D eigenvalue weighted by Crippen LogP contribution is -2.00. The number of aromatic carboxylic acids is 1. The van der Waals surface area contributed by atoms with Crippen LogP contribution >= 0.6 is 0 Å². The standard InChI is InChI=1S/C12H8F2N2O2/c13-9-2-1-8(6-10(9)14)16-11-5-7(12(17)18)3-4-15-11/h1-6H,(H,15,16)(H,17,18). The van der Waals surface area contributed by atoms with Crippen molar-refractivity contribution in [2.75, 3.05) is 5.32 Å². The van der Waals surface area contributed by atoms with Crippen molar-refractivity contribution < 1.29 is 18.7 Å². The second kappa shape index (κ2) is 4.79. The van der Waals surface area contributed by atoms with Crippen LogP contribution in [0.15, 0.2) is 36.5 Å². The number of hydrogen-bond acceptors (Lipinski definition) is 3. The third-order valence-corrected chi connectivity index (χ3v) is 2.20. The van der Waals surface area contributed by atoms with E-state index in [1.165, 1.54) is 24.4 Å². The molecule has 0 radical (unpaired) electrons. The van der Waals surface area contributed by atoms with Gasteiger partial charge in [0.1, 0.15) is 5.82 Å². The van der Waals surface area contributed by atoms with Crippen LogP contribution in [-0.4, -0.2) is 16.1 Å². The van der Waals surface area contributed by atoms with Gasteiger partial charge in [0.2, 0.25) is 0 Å². The number of nitrogens with zero attached hydrogens (tertiary/aromatic N) is 1. The Morgan fingerprint density at radius 2 is 1.94 bits per heavy atom. The number of nitrogens with one attached hydrogen (secondary N) is 1. The van der Waals surface area contributed by atoms with E-state index in [2.05, 4.69) is 10.3 Å². The summed E-state index contributed by atoms with van der Waals surface area (Å²) in [6, 6.07) is 5.89. The van der Waals surface area contributed by atoms with Gasteiger partial charge in [0.05, 0.1) is 5.56 Å². The van der Waals surface area contributed by atoms with Crippen LogP contribution in [-0.2, 0) is 0 Å². The van der Waals surface area contributed by atoms with Crippen LogP contribution in [0.5, 0.6) is 0 Å². The molecule has 6 heteroatoms. The zero-order chi connectivity index (χ0) is 13.1. The van der Waals surface area contributed by atoms with Gasteiger partial charge in [0.15, 0.2) is 11.6 Å². The summed E-state index contributed by atoms with van der Waals surface area (Å²) in [6.45, 7) is 0. The number of pyridine rings is 1. The monoisotopic (exact) mass is 250 g/mol. The summed E-state index contributed by atoms with van der Waals surface area (Å²) in [4.78, 5) is 14.6. The molecule has 0 aliphatic carbocycles. The summed E-state index contributed by atoms with van der Waals surface area (Å²) in [5.41, 5.74) is 0.332. The Bertz CT molecular complexity index is 602. The Balaban J connectivity index is 2.25. The van der Waals surface area contributed by atoms with Gasteiger partial charge in [-0.05, 0) is 24.3 Å². The fraction of sp³-hybridized carbons (Fsp3) is 0. The van der Waals surface area contributed by atoms with Crippen LogP contribution in [0, 0.1) is 11.6 Å². The summed E-state index contributed by atoms with van der Waals surface area (Å²) < 4.78 is 25.7. The van der Waals surface area contributed by atoms with Crippen molar-refractivity contribution in [3.05, 3.63) is 53.7 Å². The predicted octanol–water partition coefficient (Wildman–Crippen LogP) is 2.80. The lowest BCUT2D eigenvalue weighted by molar-refractivity contribution is 0.0697. The lowest BCUT2D eigenvalue weighted by Gasteiger charge is -2.06. The SMILES string of the molecule is O=C(O)c1ccnc(Nc2ccc(F)c(F)c2)c1. The number of rotatable bonds is 3. The van der Waals surface area contributed by atoms with Crippen LogP contribution in [0.4, 0.5) is 20.3 Å². The number of carbonyl (C=O) groups is 1. The first kappa shape index (κ1) is 12.0. The number of benzene rings is 1. The van der Waals surface area contributed by atoms with Crippen LogP contribution in [0.25, 0.3) is 0 Å². The van der Waals surface area contributed by atoms with Crippen molar-refractivity contribution in [3.8, 4) is 0 Å². The number of carboxylic acids is 1. The van der Waals surface area contributed by atoms with Gasteiger partial charge in [0, 0.05) is 18.0 Å². The predicted molar refractivity (Wildman–Crippen MR) is 60.8 cm³/mol. The van der Waals surface area contributed by atoms with E-state index in [0.29, 0.717) is 0 Å². The van der Waals surface area contributed by atoms with E-state index in [9.17, 15) is 13.6 Å². The second-order valence-corrected chi connectivity index (χ2v) is 3.49. The van der Waals surface area contributed by atoms with E-state index in [4.69, 9.17) is 5.11 Å². The summed E-state index contributed by atoms with van der Waals surface area (Å²) in [6.07, 6.45) is 1.31. The number of anilines is 2. The molecule has 18 heavy (non-hydrogen) atoms. The normalized spacial score (nSPS) is 10.1. The van der Waals surface area contributed by atoms with Crippen molar-refractivity contribution in [2.45, 2.75) is 0 Å². The van der Waals surface area contributed by atoms with Gasteiger partial charge in [0.25, 0.3) is 0 Å². The topological polar surface area (TPSA) is 62.2 Å². The first-order chi connectivity index (χ1) is 8.56. The number of hydrogen-bond donors (Lipinski definition) is 2. The maximum Gasteiger partial charge on any atom is 0.335 e. The first-order valence-corrected chi connectivity index (χ1v) is 4.97. The maximum atomic E-state index is 13.0. The van der Waals surface area contributed by atoms with E-state index >= 15 is 0 Å². The summed E-state index contributed by atoms with van der Waals surface area (Å²) in [5.74, 6) is -2.80. The highest BCUT2D eigenvalue weighted by atomic mass is 19.2. The van der Waals surface area contributed by atoms with Crippen molar-refractivity contribution in [1.82, 2.24) is 4.98 Å². The van der Waals surface area contributed by atoms with E-state index in [1.54, 1.807) is 0 Å². The lowest BCUT2D eigenvalue weighted by atomic mass is 10.2. The summed E-state index contributed by atoms with van der Waals surface area (Å²) >= 11 is 0. The minimum absolute atomic E-state index is 0.0510. The molecule has 0 fully saturated rings. The van der Waals surface area contributed by atoms with Gasteiger partial charge in [-0.2, -0.15) is 0 Å². The molecular formula is C12H8F2N2O2. The smallest absolute Gasteiger partial charge is 0.335 e. The van der Waals surface area contributed by atoms with Crippen LogP contribution in [0.3, 0.4) is 0 Å². The van der Waals surface area contributed by atoms with Gasteiger partial charge in [-0.15, -0.1) is 0 Å². The van der Waals surface area contributed by atoms with Crippen molar-refractivity contribution in [2.24, 2.45) is 0 Å². The number of halogens is 2. The molecule has 0 aliphatic rings. The molecule has 0 saturated carbocycles. The largest absolute Gasteiger partial charge is 0.478 e. The Morgan fingerprint density at radius 3 is 2.61 bits per heavy atom. The van der Waals surface area contributed by atoms with E-state index in [-0.39, 0.29) is 17.1 Å². The molecule has 92 valence electrons. The fourth-order valence-electron chi connectivity index (χ4n) is 1.35. The van der Waals surface area contributed by atoms with Crippen LogP contribution < -0.4 is 5.32 Å². The molecule has 0 unspecified atom stereocenters. The van der Waals surface area contributed by atoms with Gasteiger partial charge in [-0.3, -0.25) is 0 Å². The highest BCUT2D eigenvalue weighted by molar-refractivity contribution is 5.88. The molecule has 0 saturated heterocycles. The van der Waals surface area contributed by atoms with Gasteiger partial charge >= 0.3 is 5.97 Å². The zero-order valence-electron chi connectivity index (χ0n) is 9.02. The second-order valence-electron chi connectivity index (χ2n) is 3.49. The molecule has 4 nitrogen and oxygen atoms in total. The van der Waals surface area contributed by atoms with Crippen molar-refractivity contribution in [1.29, 1.82) is 0 Å². The molecule has 2 N–H and O–H groups in total. The molecule has 0 spiro atoms. The Labute approximate surface area is 101 Å². The molecule has 0 bridgehead atoms. The Morgan fingerprint density at radius 1 is 1.17 bits per heavy atom. The number of carboxylic acid groups (broad SMARTS) is 1. The van der Waals surface area contributed by atoms with Gasteiger partial charge < -0.3 is 10.4 Å². The molecule has 1 heterocycles. The van der Waals surface area contributed by atoms with Crippen LogP contribution in [0.1, 0.15) is 10.4 Å². The molecule has 2 aromatic rings. The number of aromatic nitrogens is 1. The fourth-order valence-corrected chi connectivity index (χ4v) is 1.35. The van der Waals surface area contributed by atoms with Crippen molar-refractivity contribution >= 4 is 17.5 Å². The molecular weight excluding hydrogens is 242 g/mol. The van der Waals surface area contributed by atoms with E-state index in [1.807, 2.05) is 0 Å². The maximum absolute atomic E-state index is 13.0.